The minimum absolute atomic E-state index is 0.225. The number of hydrogen-bond acceptors (Lipinski definition) is 4. The number of nitrogens with one attached hydrogen (secondary N) is 2. The number of ether oxygens (including phenoxy) is 1. The van der Waals surface area contributed by atoms with Crippen LogP contribution in [0.15, 0.2) is 53.4 Å². The van der Waals surface area contributed by atoms with Gasteiger partial charge in [-0.25, -0.2) is 8.42 Å². The van der Waals surface area contributed by atoms with Gasteiger partial charge in [0.05, 0.1) is 11.0 Å². The highest BCUT2D eigenvalue weighted by Gasteiger charge is 2.18. The van der Waals surface area contributed by atoms with Crippen molar-refractivity contribution in [2.45, 2.75) is 63.0 Å². The van der Waals surface area contributed by atoms with E-state index in [1.165, 1.54) is 12.8 Å². The zero-order valence-corrected chi connectivity index (χ0v) is 16.8. The van der Waals surface area contributed by atoms with E-state index in [4.69, 9.17) is 4.74 Å². The third-order valence-electron chi connectivity index (χ3n) is 4.90. The molecule has 0 saturated heterocycles. The molecule has 1 aliphatic rings. The molecule has 1 saturated carbocycles. The summed E-state index contributed by atoms with van der Waals surface area (Å²) in [5, 5.41) is 3.36. The van der Waals surface area contributed by atoms with Crippen molar-refractivity contribution in [3.63, 3.8) is 0 Å². The van der Waals surface area contributed by atoms with Gasteiger partial charge in [-0.3, -0.25) is 4.72 Å². The molecule has 2 aromatic rings. The Balaban J connectivity index is 1.63. The average Bonchev–Trinajstić information content (AvgIpc) is 3.16. The molecule has 5 nitrogen and oxygen atoms in total. The Kier molecular flexibility index (Phi) is 6.26. The predicted octanol–water partition coefficient (Wildman–Crippen LogP) is 5.02. The number of benzene rings is 2. The van der Waals surface area contributed by atoms with Crippen LogP contribution < -0.4 is 14.8 Å². The molecule has 0 amide bonds. The van der Waals surface area contributed by atoms with Gasteiger partial charge in [0.15, 0.2) is 0 Å². The van der Waals surface area contributed by atoms with Crippen LogP contribution in [-0.4, -0.2) is 20.6 Å². The quantitative estimate of drug-likeness (QED) is 0.666. The van der Waals surface area contributed by atoms with E-state index < -0.39 is 10.0 Å². The van der Waals surface area contributed by atoms with Gasteiger partial charge < -0.3 is 10.1 Å². The lowest BCUT2D eigenvalue weighted by molar-refractivity contribution is 0.210. The lowest BCUT2D eigenvalue weighted by Crippen LogP contribution is -2.14. The van der Waals surface area contributed by atoms with Gasteiger partial charge in [0.1, 0.15) is 5.75 Å². The summed E-state index contributed by atoms with van der Waals surface area (Å²) in [6.45, 7) is 4.22. The number of anilines is 2. The molecule has 0 aliphatic heterocycles. The second kappa shape index (κ2) is 8.65. The molecule has 1 atom stereocenters. The molecule has 1 aliphatic carbocycles. The van der Waals surface area contributed by atoms with E-state index in [9.17, 15) is 8.42 Å². The monoisotopic (exact) mass is 388 g/mol. The molecule has 6 heteroatoms. The lowest BCUT2D eigenvalue weighted by atomic mass is 10.2. The molecule has 27 heavy (non-hydrogen) atoms. The molecule has 0 spiro atoms. The second-order valence-corrected chi connectivity index (χ2v) is 8.81. The van der Waals surface area contributed by atoms with Crippen LogP contribution in [0.25, 0.3) is 0 Å². The van der Waals surface area contributed by atoms with E-state index >= 15 is 0 Å². The van der Waals surface area contributed by atoms with Crippen LogP contribution in [0.5, 0.6) is 5.75 Å². The van der Waals surface area contributed by atoms with Gasteiger partial charge in [-0.05, 0) is 87.6 Å². The Bertz CT molecular complexity index is 827. The van der Waals surface area contributed by atoms with Crippen LogP contribution in [0.1, 0.15) is 46.0 Å². The van der Waals surface area contributed by atoms with Crippen LogP contribution in [-0.2, 0) is 10.0 Å². The van der Waals surface area contributed by atoms with Crippen LogP contribution >= 0.6 is 0 Å². The van der Waals surface area contributed by atoms with Gasteiger partial charge in [-0.15, -0.1) is 0 Å². The average molecular weight is 389 g/mol. The number of sulfonamides is 1. The fourth-order valence-electron chi connectivity index (χ4n) is 3.13. The summed E-state index contributed by atoms with van der Waals surface area (Å²) in [7, 11) is -3.62. The minimum Gasteiger partial charge on any atom is -0.490 e. The van der Waals surface area contributed by atoms with Crippen molar-refractivity contribution in [2.24, 2.45) is 0 Å². The van der Waals surface area contributed by atoms with Crippen molar-refractivity contribution in [2.75, 3.05) is 10.0 Å². The van der Waals surface area contributed by atoms with Crippen molar-refractivity contribution in [1.29, 1.82) is 0 Å². The van der Waals surface area contributed by atoms with Gasteiger partial charge in [-0.1, -0.05) is 6.92 Å². The summed E-state index contributed by atoms with van der Waals surface area (Å²) in [5.41, 5.74) is 1.51. The van der Waals surface area contributed by atoms with E-state index in [2.05, 4.69) is 23.9 Å². The SMILES string of the molecule is CCC(C)Nc1ccc(NS(=O)(=O)c2ccc(OC3CCCC3)cc2)cc1. The molecule has 0 radical (unpaired) electrons. The van der Waals surface area contributed by atoms with Gasteiger partial charge in [-0.2, -0.15) is 0 Å². The summed E-state index contributed by atoms with van der Waals surface area (Å²) < 4.78 is 33.7. The topological polar surface area (TPSA) is 67.4 Å². The van der Waals surface area contributed by atoms with Crippen molar-refractivity contribution in [3.8, 4) is 5.75 Å². The van der Waals surface area contributed by atoms with Crippen molar-refractivity contribution in [1.82, 2.24) is 0 Å². The molecule has 146 valence electrons. The highest BCUT2D eigenvalue weighted by atomic mass is 32.2. The molecule has 2 N–H and O–H groups in total. The molecular formula is C21H28N2O3S. The minimum atomic E-state index is -3.62. The summed E-state index contributed by atoms with van der Waals surface area (Å²) in [6.07, 6.45) is 5.83. The largest absolute Gasteiger partial charge is 0.490 e. The highest BCUT2D eigenvalue weighted by molar-refractivity contribution is 7.92. The van der Waals surface area contributed by atoms with Gasteiger partial charge in [0.2, 0.25) is 0 Å². The molecule has 0 aromatic heterocycles. The number of hydrogen-bond donors (Lipinski definition) is 2. The van der Waals surface area contributed by atoms with Gasteiger partial charge in [0.25, 0.3) is 10.0 Å². The van der Waals surface area contributed by atoms with E-state index in [1.807, 2.05) is 12.1 Å². The standard InChI is InChI=1S/C21H28N2O3S/c1-3-16(2)22-17-8-10-18(11-9-17)23-27(24,25)21-14-12-20(13-15-21)26-19-6-4-5-7-19/h8-16,19,22-23H,3-7H2,1-2H3. The predicted molar refractivity (Wildman–Crippen MR) is 110 cm³/mol. The van der Waals surface area contributed by atoms with E-state index in [-0.39, 0.29) is 11.0 Å². The molecule has 0 bridgehead atoms. The maximum Gasteiger partial charge on any atom is 0.261 e. The first-order chi connectivity index (χ1) is 13.0. The highest BCUT2D eigenvalue weighted by Crippen LogP contribution is 2.25. The Morgan fingerprint density at radius 3 is 2.19 bits per heavy atom. The van der Waals surface area contributed by atoms with Crippen molar-refractivity contribution in [3.05, 3.63) is 48.5 Å². The maximum atomic E-state index is 12.6. The van der Waals surface area contributed by atoms with E-state index in [0.29, 0.717) is 11.7 Å². The van der Waals surface area contributed by atoms with Gasteiger partial charge >= 0.3 is 0 Å². The molecule has 1 fully saturated rings. The summed E-state index contributed by atoms with van der Waals surface area (Å²) in [6, 6.07) is 14.3. The van der Waals surface area contributed by atoms with Crippen molar-refractivity contribution < 1.29 is 13.2 Å². The third kappa shape index (κ3) is 5.39. The molecule has 3 rings (SSSR count). The Morgan fingerprint density at radius 1 is 1.00 bits per heavy atom. The first-order valence-electron chi connectivity index (χ1n) is 9.62. The van der Waals surface area contributed by atoms with E-state index in [1.54, 1.807) is 36.4 Å². The Hall–Kier alpha value is -2.21. The summed E-state index contributed by atoms with van der Waals surface area (Å²) in [5.74, 6) is 0.723. The lowest BCUT2D eigenvalue weighted by Gasteiger charge is -2.15. The van der Waals surface area contributed by atoms with Crippen molar-refractivity contribution >= 4 is 21.4 Å². The van der Waals surface area contributed by atoms with Crippen LogP contribution in [0, 0.1) is 0 Å². The summed E-state index contributed by atoms with van der Waals surface area (Å²) >= 11 is 0. The Morgan fingerprint density at radius 2 is 1.59 bits per heavy atom. The van der Waals surface area contributed by atoms with Crippen LogP contribution in [0.4, 0.5) is 11.4 Å². The third-order valence-corrected chi connectivity index (χ3v) is 6.30. The summed E-state index contributed by atoms with van der Waals surface area (Å²) in [4.78, 5) is 0.225. The molecular weight excluding hydrogens is 360 g/mol. The first-order valence-corrected chi connectivity index (χ1v) is 11.1. The number of rotatable bonds is 8. The van der Waals surface area contributed by atoms with E-state index in [0.717, 1.165) is 30.7 Å². The second-order valence-electron chi connectivity index (χ2n) is 7.13. The van der Waals surface area contributed by atoms with Crippen LogP contribution in [0.2, 0.25) is 0 Å². The molecule has 1 unspecified atom stereocenters. The fourth-order valence-corrected chi connectivity index (χ4v) is 4.19. The normalized spacial score (nSPS) is 16.1. The maximum absolute atomic E-state index is 12.6. The zero-order valence-electron chi connectivity index (χ0n) is 15.9. The zero-order chi connectivity index (χ0) is 19.3. The van der Waals surface area contributed by atoms with Gasteiger partial charge in [0, 0.05) is 17.4 Å². The smallest absolute Gasteiger partial charge is 0.261 e. The molecule has 0 heterocycles. The first kappa shape index (κ1) is 19.5. The molecule has 2 aromatic carbocycles. The fraction of sp³-hybridized carbons (Fsp3) is 0.429. The Labute approximate surface area is 162 Å². The van der Waals surface area contributed by atoms with Crippen LogP contribution in [0.3, 0.4) is 0 Å².